The van der Waals surface area contributed by atoms with Gasteiger partial charge in [0.15, 0.2) is 0 Å². The van der Waals surface area contributed by atoms with Crippen molar-refractivity contribution in [2.24, 2.45) is 5.41 Å². The first kappa shape index (κ1) is 14.2. The zero-order valence-corrected chi connectivity index (χ0v) is 12.3. The van der Waals surface area contributed by atoms with Gasteiger partial charge in [0.2, 0.25) is 0 Å². The molecule has 1 aromatic rings. The van der Waals surface area contributed by atoms with Crippen LogP contribution in [0.1, 0.15) is 43.5 Å². The molecule has 1 aliphatic heterocycles. The maximum absolute atomic E-state index is 12.4. The van der Waals surface area contributed by atoms with Crippen LogP contribution in [0.25, 0.3) is 0 Å². The number of rotatable bonds is 2. The third kappa shape index (κ3) is 3.21. The van der Waals surface area contributed by atoms with E-state index in [0.29, 0.717) is 21.7 Å². The highest BCUT2D eigenvalue weighted by Crippen LogP contribution is 2.34. The number of carbonyl (C=O) groups excluding carboxylic acids is 1. The zero-order chi connectivity index (χ0) is 14.0. The van der Waals surface area contributed by atoms with Crippen molar-refractivity contribution in [2.45, 2.75) is 33.1 Å². The number of carbonyl (C=O) groups is 1. The molecule has 0 aromatic heterocycles. The summed E-state index contributed by atoms with van der Waals surface area (Å²) in [6.07, 6.45) is 3.29. The molecule has 0 atom stereocenters. The molecule has 2 N–H and O–H groups in total. The van der Waals surface area contributed by atoms with Gasteiger partial charge in [0.1, 0.15) is 0 Å². The number of nitrogens with two attached hydrogens (primary N) is 1. The fourth-order valence-electron chi connectivity index (χ4n) is 2.52. The minimum atomic E-state index is 0.0346. The van der Waals surface area contributed by atoms with E-state index in [4.69, 9.17) is 17.3 Å². The average Bonchev–Trinajstić information content (AvgIpc) is 2.38. The van der Waals surface area contributed by atoms with E-state index in [9.17, 15) is 4.79 Å². The Balaban J connectivity index is 2.09. The monoisotopic (exact) mass is 280 g/mol. The Kier molecular flexibility index (Phi) is 4.04. The summed E-state index contributed by atoms with van der Waals surface area (Å²) in [5.41, 5.74) is 7.24. The topological polar surface area (TPSA) is 46.3 Å². The van der Waals surface area contributed by atoms with Gasteiger partial charge in [0.25, 0.3) is 5.91 Å². The predicted molar refractivity (Wildman–Crippen MR) is 79.4 cm³/mol. The number of amides is 1. The van der Waals surface area contributed by atoms with E-state index in [2.05, 4.69) is 13.8 Å². The standard InChI is InChI=1S/C15H21ClN2O/c1-3-15(2)4-6-18(7-5-15)14(19)11-8-12(16)10-13(17)9-11/h8-10H,3-7,17H2,1-2H3. The Morgan fingerprint density at radius 2 is 2.00 bits per heavy atom. The fourth-order valence-corrected chi connectivity index (χ4v) is 2.77. The lowest BCUT2D eigenvalue weighted by Crippen LogP contribution is -2.41. The van der Waals surface area contributed by atoms with Crippen molar-refractivity contribution in [3.05, 3.63) is 28.8 Å². The van der Waals surface area contributed by atoms with Gasteiger partial charge >= 0.3 is 0 Å². The molecule has 1 aromatic carbocycles. The van der Waals surface area contributed by atoms with Crippen LogP contribution in [-0.4, -0.2) is 23.9 Å². The molecule has 1 fully saturated rings. The van der Waals surface area contributed by atoms with Crippen LogP contribution in [0.15, 0.2) is 18.2 Å². The van der Waals surface area contributed by atoms with Gasteiger partial charge in [0, 0.05) is 29.4 Å². The molecule has 0 saturated carbocycles. The third-order valence-electron chi connectivity index (χ3n) is 4.28. The van der Waals surface area contributed by atoms with E-state index in [1.54, 1.807) is 18.2 Å². The highest BCUT2D eigenvalue weighted by molar-refractivity contribution is 6.31. The number of hydrogen-bond donors (Lipinski definition) is 1. The molecule has 1 saturated heterocycles. The molecule has 1 aliphatic rings. The van der Waals surface area contributed by atoms with Crippen LogP contribution < -0.4 is 5.73 Å². The summed E-state index contributed by atoms with van der Waals surface area (Å²) < 4.78 is 0. The highest BCUT2D eigenvalue weighted by atomic mass is 35.5. The van der Waals surface area contributed by atoms with Gasteiger partial charge in [-0.2, -0.15) is 0 Å². The number of benzene rings is 1. The van der Waals surface area contributed by atoms with E-state index >= 15 is 0 Å². The molecule has 1 heterocycles. The molecule has 0 unspecified atom stereocenters. The molecule has 1 amide bonds. The maximum Gasteiger partial charge on any atom is 0.253 e. The van der Waals surface area contributed by atoms with Crippen molar-refractivity contribution < 1.29 is 4.79 Å². The van der Waals surface area contributed by atoms with E-state index < -0.39 is 0 Å². The lowest BCUT2D eigenvalue weighted by atomic mass is 9.78. The first-order valence-corrected chi connectivity index (χ1v) is 7.17. The summed E-state index contributed by atoms with van der Waals surface area (Å²) in [6.45, 7) is 6.15. The van der Waals surface area contributed by atoms with Crippen molar-refractivity contribution in [2.75, 3.05) is 18.8 Å². The molecule has 2 rings (SSSR count). The summed E-state index contributed by atoms with van der Waals surface area (Å²) in [5, 5.41) is 0.513. The highest BCUT2D eigenvalue weighted by Gasteiger charge is 2.30. The number of piperidine rings is 1. The lowest BCUT2D eigenvalue weighted by Gasteiger charge is -2.39. The van der Waals surface area contributed by atoms with Crippen molar-refractivity contribution in [3.63, 3.8) is 0 Å². The second-order valence-electron chi connectivity index (χ2n) is 5.73. The Labute approximate surface area is 119 Å². The first-order valence-electron chi connectivity index (χ1n) is 6.79. The van der Waals surface area contributed by atoms with Gasteiger partial charge in [0.05, 0.1) is 0 Å². The van der Waals surface area contributed by atoms with Crippen LogP contribution in [0.3, 0.4) is 0 Å². The summed E-state index contributed by atoms with van der Waals surface area (Å²) in [7, 11) is 0. The molecule has 0 spiro atoms. The van der Waals surface area contributed by atoms with E-state index in [-0.39, 0.29) is 5.91 Å². The Morgan fingerprint density at radius 1 is 1.37 bits per heavy atom. The fraction of sp³-hybridized carbons (Fsp3) is 0.533. The van der Waals surface area contributed by atoms with Gasteiger partial charge in [-0.1, -0.05) is 31.9 Å². The van der Waals surface area contributed by atoms with Gasteiger partial charge in [-0.15, -0.1) is 0 Å². The average molecular weight is 281 g/mol. The normalized spacial score (nSPS) is 18.4. The maximum atomic E-state index is 12.4. The number of nitrogen functional groups attached to an aromatic ring is 1. The number of hydrogen-bond acceptors (Lipinski definition) is 2. The van der Waals surface area contributed by atoms with Crippen molar-refractivity contribution >= 4 is 23.2 Å². The molecular weight excluding hydrogens is 260 g/mol. The quantitative estimate of drug-likeness (QED) is 0.842. The first-order chi connectivity index (χ1) is 8.93. The van der Waals surface area contributed by atoms with Crippen LogP contribution in [0, 0.1) is 5.41 Å². The SMILES string of the molecule is CCC1(C)CCN(C(=O)c2cc(N)cc(Cl)c2)CC1. The Hall–Kier alpha value is -1.22. The number of likely N-dealkylation sites (tertiary alicyclic amines) is 1. The van der Waals surface area contributed by atoms with Crippen LogP contribution in [-0.2, 0) is 0 Å². The smallest absolute Gasteiger partial charge is 0.253 e. The third-order valence-corrected chi connectivity index (χ3v) is 4.50. The van der Waals surface area contributed by atoms with Gasteiger partial charge in [-0.25, -0.2) is 0 Å². The van der Waals surface area contributed by atoms with Crippen LogP contribution in [0.2, 0.25) is 5.02 Å². The molecule has 0 aliphatic carbocycles. The minimum absolute atomic E-state index is 0.0346. The number of nitrogens with zero attached hydrogens (tertiary/aromatic N) is 1. The summed E-state index contributed by atoms with van der Waals surface area (Å²) in [4.78, 5) is 14.3. The molecular formula is C15H21ClN2O. The van der Waals surface area contributed by atoms with Gasteiger partial charge in [-0.3, -0.25) is 4.79 Å². The summed E-state index contributed by atoms with van der Waals surface area (Å²) in [5.74, 6) is 0.0346. The largest absolute Gasteiger partial charge is 0.399 e. The minimum Gasteiger partial charge on any atom is -0.399 e. The molecule has 104 valence electrons. The number of halogens is 1. The molecule has 0 bridgehead atoms. The van der Waals surface area contributed by atoms with Gasteiger partial charge < -0.3 is 10.6 Å². The van der Waals surface area contributed by atoms with Crippen molar-refractivity contribution in [1.29, 1.82) is 0 Å². The second kappa shape index (κ2) is 5.41. The van der Waals surface area contributed by atoms with E-state index in [1.807, 2.05) is 4.90 Å². The van der Waals surface area contributed by atoms with Crippen molar-refractivity contribution in [1.82, 2.24) is 4.90 Å². The van der Waals surface area contributed by atoms with Crippen LogP contribution in [0.5, 0.6) is 0 Å². The van der Waals surface area contributed by atoms with Crippen molar-refractivity contribution in [3.8, 4) is 0 Å². The number of anilines is 1. The molecule has 3 nitrogen and oxygen atoms in total. The Bertz CT molecular complexity index is 459. The summed E-state index contributed by atoms with van der Waals surface area (Å²) >= 11 is 5.95. The van der Waals surface area contributed by atoms with E-state index in [0.717, 1.165) is 25.9 Å². The molecule has 0 radical (unpaired) electrons. The van der Waals surface area contributed by atoms with Crippen LogP contribution >= 0.6 is 11.6 Å². The Morgan fingerprint density at radius 3 is 2.53 bits per heavy atom. The lowest BCUT2D eigenvalue weighted by molar-refractivity contribution is 0.0600. The second-order valence-corrected chi connectivity index (χ2v) is 6.17. The predicted octanol–water partition coefficient (Wildman–Crippen LogP) is 3.57. The summed E-state index contributed by atoms with van der Waals surface area (Å²) in [6, 6.07) is 5.04. The molecule has 19 heavy (non-hydrogen) atoms. The van der Waals surface area contributed by atoms with Gasteiger partial charge in [-0.05, 0) is 36.5 Å². The van der Waals surface area contributed by atoms with Crippen LogP contribution in [0.4, 0.5) is 5.69 Å². The van der Waals surface area contributed by atoms with E-state index in [1.165, 1.54) is 6.42 Å². The zero-order valence-electron chi connectivity index (χ0n) is 11.6. The molecule has 4 heteroatoms.